The van der Waals surface area contributed by atoms with Crippen LogP contribution in [0.25, 0.3) is 0 Å². The number of aromatic nitrogens is 1. The lowest BCUT2D eigenvalue weighted by molar-refractivity contribution is -0.117. The second-order valence-electron chi connectivity index (χ2n) is 6.14. The molecular weight excluding hydrogens is 286 g/mol. The van der Waals surface area contributed by atoms with Gasteiger partial charge in [0.2, 0.25) is 11.8 Å². The summed E-state index contributed by atoms with van der Waals surface area (Å²) in [7, 11) is 3.27. The largest absolute Gasteiger partial charge is 0.383 e. The lowest BCUT2D eigenvalue weighted by Gasteiger charge is -2.20. The Bertz CT molecular complexity index is 446. The predicted octanol–water partition coefficient (Wildman–Crippen LogP) is 1.51. The van der Waals surface area contributed by atoms with Crippen LogP contribution in [-0.2, 0) is 19.7 Å². The fourth-order valence-electron chi connectivity index (χ4n) is 1.78. The van der Waals surface area contributed by atoms with E-state index in [1.807, 2.05) is 25.7 Å². The lowest BCUT2D eigenvalue weighted by atomic mass is 9.92. The van der Waals surface area contributed by atoms with Gasteiger partial charge in [-0.3, -0.25) is 15.0 Å². The topological polar surface area (TPSA) is 76.8 Å². The predicted molar refractivity (Wildman–Crippen MR) is 84.0 cm³/mol. The van der Waals surface area contributed by atoms with E-state index in [0.717, 1.165) is 5.69 Å². The van der Waals surface area contributed by atoms with E-state index in [4.69, 9.17) is 14.0 Å². The van der Waals surface area contributed by atoms with E-state index in [2.05, 4.69) is 10.5 Å². The number of carbonyl (C=O) groups is 1. The van der Waals surface area contributed by atoms with Gasteiger partial charge in [0.1, 0.15) is 0 Å². The zero-order valence-electron chi connectivity index (χ0n) is 14.1. The molecule has 0 bridgehead atoms. The summed E-state index contributed by atoms with van der Waals surface area (Å²) in [4.78, 5) is 14.0. The molecule has 0 aliphatic rings. The molecule has 1 rings (SSSR count). The molecule has 0 fully saturated rings. The van der Waals surface area contributed by atoms with Crippen molar-refractivity contribution in [2.45, 2.75) is 26.2 Å². The first kappa shape index (κ1) is 18.6. The Morgan fingerprint density at radius 1 is 1.27 bits per heavy atom. The Labute approximate surface area is 131 Å². The van der Waals surface area contributed by atoms with Crippen molar-refractivity contribution in [1.82, 2.24) is 10.1 Å². The number of hydrogen-bond acceptors (Lipinski definition) is 6. The highest BCUT2D eigenvalue weighted by Gasteiger charge is 2.20. The third-order valence-corrected chi connectivity index (χ3v) is 3.13. The van der Waals surface area contributed by atoms with Crippen molar-refractivity contribution in [3.05, 3.63) is 11.8 Å². The zero-order chi connectivity index (χ0) is 16.6. The van der Waals surface area contributed by atoms with E-state index in [1.165, 1.54) is 0 Å². The molecule has 0 aromatic carbocycles. The summed E-state index contributed by atoms with van der Waals surface area (Å²) in [6.07, 6.45) is 0. The maximum absolute atomic E-state index is 12.1. The summed E-state index contributed by atoms with van der Waals surface area (Å²) in [6, 6.07) is 1.76. The van der Waals surface area contributed by atoms with Gasteiger partial charge in [-0.25, -0.2) is 0 Å². The molecule has 0 aliphatic heterocycles. The summed E-state index contributed by atoms with van der Waals surface area (Å²) in [6.45, 7) is 8.81. The average molecular weight is 313 g/mol. The first-order valence-corrected chi connectivity index (χ1v) is 7.34. The number of amides is 1. The fraction of sp³-hybridized carbons (Fsp3) is 0.733. The molecule has 0 saturated carbocycles. The van der Waals surface area contributed by atoms with Crippen LogP contribution >= 0.6 is 0 Å². The SMILES string of the molecule is COCCN(CCOC)CC(=O)Nc1cc(C(C)(C)C)no1. The molecule has 1 aromatic rings. The zero-order valence-corrected chi connectivity index (χ0v) is 14.1. The number of rotatable bonds is 9. The van der Waals surface area contributed by atoms with Crippen LogP contribution in [0, 0.1) is 0 Å². The third-order valence-electron chi connectivity index (χ3n) is 3.13. The Hall–Kier alpha value is -1.44. The van der Waals surface area contributed by atoms with Gasteiger partial charge in [0.05, 0.1) is 25.5 Å². The minimum absolute atomic E-state index is 0.116. The number of carbonyl (C=O) groups excluding carboxylic acids is 1. The van der Waals surface area contributed by atoms with Gasteiger partial charge in [-0.15, -0.1) is 0 Å². The molecule has 1 N–H and O–H groups in total. The van der Waals surface area contributed by atoms with Crippen molar-refractivity contribution in [2.75, 3.05) is 52.4 Å². The first-order valence-electron chi connectivity index (χ1n) is 7.34. The highest BCUT2D eigenvalue weighted by Crippen LogP contribution is 2.23. The molecule has 1 aromatic heterocycles. The fourth-order valence-corrected chi connectivity index (χ4v) is 1.78. The summed E-state index contributed by atoms with van der Waals surface area (Å²) < 4.78 is 15.3. The van der Waals surface area contributed by atoms with Gasteiger partial charge in [0.25, 0.3) is 0 Å². The average Bonchev–Trinajstić information content (AvgIpc) is 2.90. The quantitative estimate of drug-likeness (QED) is 0.744. The molecule has 1 heterocycles. The minimum Gasteiger partial charge on any atom is -0.383 e. The van der Waals surface area contributed by atoms with Crippen LogP contribution in [0.15, 0.2) is 10.6 Å². The van der Waals surface area contributed by atoms with Crippen LogP contribution in [0.1, 0.15) is 26.5 Å². The lowest BCUT2D eigenvalue weighted by Crippen LogP contribution is -2.37. The molecule has 0 spiro atoms. The number of ether oxygens (including phenoxy) is 2. The first-order chi connectivity index (χ1) is 10.4. The van der Waals surface area contributed by atoms with E-state index >= 15 is 0 Å². The van der Waals surface area contributed by atoms with Crippen LogP contribution < -0.4 is 5.32 Å². The second-order valence-corrected chi connectivity index (χ2v) is 6.14. The maximum atomic E-state index is 12.1. The Morgan fingerprint density at radius 2 is 1.86 bits per heavy atom. The van der Waals surface area contributed by atoms with Crippen molar-refractivity contribution in [1.29, 1.82) is 0 Å². The van der Waals surface area contributed by atoms with Crippen molar-refractivity contribution in [3.63, 3.8) is 0 Å². The molecule has 0 atom stereocenters. The maximum Gasteiger partial charge on any atom is 0.240 e. The van der Waals surface area contributed by atoms with Gasteiger partial charge in [-0.05, 0) is 0 Å². The van der Waals surface area contributed by atoms with E-state index in [1.54, 1.807) is 20.3 Å². The summed E-state index contributed by atoms with van der Waals surface area (Å²) in [5.74, 6) is 0.220. The highest BCUT2D eigenvalue weighted by atomic mass is 16.5. The van der Waals surface area contributed by atoms with Crippen molar-refractivity contribution in [3.8, 4) is 0 Å². The van der Waals surface area contributed by atoms with E-state index in [0.29, 0.717) is 32.2 Å². The minimum atomic E-state index is -0.149. The van der Waals surface area contributed by atoms with Crippen LogP contribution in [0.2, 0.25) is 0 Å². The molecule has 0 unspecified atom stereocenters. The number of hydrogen-bond donors (Lipinski definition) is 1. The molecule has 126 valence electrons. The molecular formula is C15H27N3O4. The molecule has 22 heavy (non-hydrogen) atoms. The smallest absolute Gasteiger partial charge is 0.240 e. The number of anilines is 1. The normalized spacial score (nSPS) is 11.9. The summed E-state index contributed by atoms with van der Waals surface area (Å²) >= 11 is 0. The van der Waals surface area contributed by atoms with Crippen LogP contribution in [0.5, 0.6) is 0 Å². The van der Waals surface area contributed by atoms with E-state index in [9.17, 15) is 4.79 Å². The summed E-state index contributed by atoms with van der Waals surface area (Å²) in [5, 5.41) is 6.70. The third kappa shape index (κ3) is 6.55. The Kier molecular flexibility index (Phi) is 7.50. The second kappa shape index (κ2) is 8.87. The number of nitrogens with zero attached hydrogens (tertiary/aromatic N) is 2. The molecule has 0 saturated heterocycles. The standard InChI is InChI=1S/C15H27N3O4/c1-15(2,3)12-10-14(22-17-12)16-13(19)11-18(6-8-20-4)7-9-21-5/h10H,6-9,11H2,1-5H3,(H,16,19). The monoisotopic (exact) mass is 313 g/mol. The van der Waals surface area contributed by atoms with E-state index in [-0.39, 0.29) is 17.9 Å². The van der Waals surface area contributed by atoms with Crippen molar-refractivity contribution >= 4 is 11.8 Å². The molecule has 7 heteroatoms. The van der Waals surface area contributed by atoms with E-state index < -0.39 is 0 Å². The molecule has 0 radical (unpaired) electrons. The molecule has 1 amide bonds. The Balaban J connectivity index is 2.53. The molecule has 7 nitrogen and oxygen atoms in total. The van der Waals surface area contributed by atoms with Crippen molar-refractivity contribution < 1.29 is 18.8 Å². The van der Waals surface area contributed by atoms with Gasteiger partial charge in [-0.1, -0.05) is 25.9 Å². The van der Waals surface area contributed by atoms with Gasteiger partial charge in [-0.2, -0.15) is 0 Å². The van der Waals surface area contributed by atoms with Gasteiger partial charge in [0.15, 0.2) is 0 Å². The van der Waals surface area contributed by atoms with Crippen molar-refractivity contribution in [2.24, 2.45) is 0 Å². The summed E-state index contributed by atoms with van der Waals surface area (Å²) in [5.41, 5.74) is 0.688. The molecule has 0 aliphatic carbocycles. The van der Waals surface area contributed by atoms with Crippen LogP contribution in [-0.4, -0.2) is 63.0 Å². The van der Waals surface area contributed by atoms with Gasteiger partial charge >= 0.3 is 0 Å². The number of nitrogens with one attached hydrogen (secondary N) is 1. The highest BCUT2D eigenvalue weighted by molar-refractivity contribution is 5.90. The number of methoxy groups -OCH3 is 2. The Morgan fingerprint density at radius 3 is 2.32 bits per heavy atom. The van der Waals surface area contributed by atoms with Crippen LogP contribution in [0.3, 0.4) is 0 Å². The van der Waals surface area contributed by atoms with Crippen LogP contribution in [0.4, 0.5) is 5.88 Å². The van der Waals surface area contributed by atoms with Gasteiger partial charge < -0.3 is 14.0 Å². The van der Waals surface area contributed by atoms with Gasteiger partial charge in [0, 0.05) is 38.8 Å².